The van der Waals surface area contributed by atoms with E-state index in [0.717, 1.165) is 24.6 Å². The Balaban J connectivity index is 1.40. The topological polar surface area (TPSA) is 123 Å². The average molecular weight is 430 g/mol. The second-order valence-corrected chi connectivity index (χ2v) is 8.62. The number of piperidine rings is 1. The molecule has 1 aliphatic carbocycles. The highest BCUT2D eigenvalue weighted by atomic mass is 32.2. The summed E-state index contributed by atoms with van der Waals surface area (Å²) in [6.45, 7) is 1.27. The molecule has 1 saturated carbocycles. The average Bonchev–Trinajstić information content (AvgIpc) is 3.51. The van der Waals surface area contributed by atoms with Crippen LogP contribution in [0.1, 0.15) is 36.0 Å². The first-order valence-corrected chi connectivity index (χ1v) is 10.6. The highest BCUT2D eigenvalue weighted by Crippen LogP contribution is 2.34. The van der Waals surface area contributed by atoms with E-state index in [2.05, 4.69) is 15.5 Å². The summed E-state index contributed by atoms with van der Waals surface area (Å²) in [6.07, 6.45) is 4.86. The Morgan fingerprint density at radius 3 is 2.57 bits per heavy atom. The van der Waals surface area contributed by atoms with Crippen LogP contribution in [0.4, 0.5) is 5.69 Å². The second-order valence-electron chi connectivity index (χ2n) is 7.61. The molecule has 2 heterocycles. The number of hydrogen-bond acceptors (Lipinski definition) is 7. The van der Waals surface area contributed by atoms with Gasteiger partial charge in [-0.1, -0.05) is 0 Å². The van der Waals surface area contributed by atoms with Gasteiger partial charge in [0.05, 0.1) is 9.82 Å². The predicted molar refractivity (Wildman–Crippen MR) is 108 cm³/mol. The molecule has 0 bridgehead atoms. The van der Waals surface area contributed by atoms with Gasteiger partial charge in [0.2, 0.25) is 5.91 Å². The molecular weight excluding hydrogens is 408 g/mol. The minimum absolute atomic E-state index is 0.0486. The number of carbonyl (C=O) groups is 2. The summed E-state index contributed by atoms with van der Waals surface area (Å²) >= 11 is 1.12. The number of carbonyl (C=O) groups excluding carboxylic acids is 2. The number of nitro benzene ring substituents is 1. The summed E-state index contributed by atoms with van der Waals surface area (Å²) in [5.41, 5.74) is 0.0843. The Morgan fingerprint density at radius 1 is 1.23 bits per heavy atom. The van der Waals surface area contributed by atoms with Crippen LogP contribution < -0.4 is 5.32 Å². The van der Waals surface area contributed by atoms with E-state index in [4.69, 9.17) is 0 Å². The smallest absolute Gasteiger partial charge is 0.284 e. The minimum atomic E-state index is -0.503. The van der Waals surface area contributed by atoms with Crippen LogP contribution >= 0.6 is 11.8 Å². The fourth-order valence-corrected chi connectivity index (χ4v) is 4.30. The predicted octanol–water partition coefficient (Wildman–Crippen LogP) is 2.01. The van der Waals surface area contributed by atoms with Crippen molar-refractivity contribution >= 4 is 29.3 Å². The molecule has 2 aromatic rings. The van der Waals surface area contributed by atoms with Gasteiger partial charge >= 0.3 is 0 Å². The fourth-order valence-electron chi connectivity index (χ4n) is 3.45. The number of hydrogen-bond donors (Lipinski definition) is 1. The number of nitro groups is 1. The largest absolute Gasteiger partial charge is 0.349 e. The first kappa shape index (κ1) is 20.3. The summed E-state index contributed by atoms with van der Waals surface area (Å²) in [6, 6.07) is 4.38. The van der Waals surface area contributed by atoms with Gasteiger partial charge in [-0.15, -0.1) is 10.2 Å². The van der Waals surface area contributed by atoms with Crippen LogP contribution in [0.5, 0.6) is 0 Å². The number of benzene rings is 1. The Hall–Kier alpha value is -2.95. The molecule has 158 valence electrons. The minimum Gasteiger partial charge on any atom is -0.349 e. The quantitative estimate of drug-likeness (QED) is 0.549. The van der Waals surface area contributed by atoms with Gasteiger partial charge in [-0.05, 0) is 49.6 Å². The van der Waals surface area contributed by atoms with Gasteiger partial charge in [0.15, 0.2) is 5.16 Å². The van der Waals surface area contributed by atoms with Crippen LogP contribution in [-0.4, -0.2) is 55.5 Å². The van der Waals surface area contributed by atoms with E-state index in [0.29, 0.717) is 36.0 Å². The van der Waals surface area contributed by atoms with Crippen molar-refractivity contribution in [3.8, 4) is 0 Å². The Kier molecular flexibility index (Phi) is 5.71. The van der Waals surface area contributed by atoms with Crippen molar-refractivity contribution in [1.82, 2.24) is 25.0 Å². The molecule has 1 saturated heterocycles. The lowest BCUT2D eigenvalue weighted by Crippen LogP contribution is -2.47. The molecule has 1 aliphatic heterocycles. The van der Waals surface area contributed by atoms with Crippen molar-refractivity contribution in [3.63, 3.8) is 0 Å². The van der Waals surface area contributed by atoms with Gasteiger partial charge in [-0.25, -0.2) is 0 Å². The van der Waals surface area contributed by atoms with Crippen molar-refractivity contribution in [2.75, 3.05) is 13.1 Å². The molecule has 10 nitrogen and oxygen atoms in total. The molecule has 1 N–H and O–H groups in total. The normalized spacial score (nSPS) is 17.0. The molecule has 2 amide bonds. The van der Waals surface area contributed by atoms with Gasteiger partial charge in [-0.2, -0.15) is 0 Å². The van der Waals surface area contributed by atoms with Crippen LogP contribution in [0, 0.1) is 16.0 Å². The number of aromatic nitrogens is 3. The third-order valence-electron chi connectivity index (χ3n) is 5.36. The van der Waals surface area contributed by atoms with Crippen LogP contribution in [0.3, 0.4) is 0 Å². The third-order valence-corrected chi connectivity index (χ3v) is 6.47. The Labute approximate surface area is 177 Å². The standard InChI is InChI=1S/C19H22N6O4S/c1-23-11-20-22-19(23)30-16-5-4-13(10-15(16)25(28)29)17(26)21-14-6-8-24(9-7-14)18(27)12-2-3-12/h4-5,10-12,14H,2-3,6-9H2,1H3,(H,21,26). The first-order valence-electron chi connectivity index (χ1n) is 9.82. The second kappa shape index (κ2) is 8.42. The van der Waals surface area contributed by atoms with E-state index in [1.165, 1.54) is 12.4 Å². The molecule has 30 heavy (non-hydrogen) atoms. The molecular formula is C19H22N6O4S. The first-order chi connectivity index (χ1) is 14.4. The molecule has 1 aromatic heterocycles. The number of rotatable bonds is 6. The lowest BCUT2D eigenvalue weighted by atomic mass is 10.0. The zero-order valence-corrected chi connectivity index (χ0v) is 17.3. The van der Waals surface area contributed by atoms with Crippen LogP contribution in [0.2, 0.25) is 0 Å². The molecule has 0 atom stereocenters. The number of nitrogens with one attached hydrogen (secondary N) is 1. The summed E-state index contributed by atoms with van der Waals surface area (Å²) < 4.78 is 1.66. The Morgan fingerprint density at radius 2 is 1.97 bits per heavy atom. The summed E-state index contributed by atoms with van der Waals surface area (Å²) in [5, 5.41) is 22.7. The van der Waals surface area contributed by atoms with E-state index in [1.807, 2.05) is 4.90 Å². The van der Waals surface area contributed by atoms with Gasteiger partial charge in [0, 0.05) is 43.7 Å². The molecule has 0 spiro atoms. The molecule has 2 fully saturated rings. The molecule has 0 unspecified atom stereocenters. The number of aryl methyl sites for hydroxylation is 1. The zero-order valence-electron chi connectivity index (χ0n) is 16.5. The van der Waals surface area contributed by atoms with E-state index < -0.39 is 4.92 Å². The van der Waals surface area contributed by atoms with E-state index in [1.54, 1.807) is 23.7 Å². The summed E-state index contributed by atoms with van der Waals surface area (Å²) in [7, 11) is 1.75. The lowest BCUT2D eigenvalue weighted by molar-refractivity contribution is -0.387. The van der Waals surface area contributed by atoms with Crippen molar-refractivity contribution in [1.29, 1.82) is 0 Å². The zero-order chi connectivity index (χ0) is 21.3. The maximum atomic E-state index is 12.7. The van der Waals surface area contributed by atoms with Gasteiger partial charge in [0.1, 0.15) is 6.33 Å². The van der Waals surface area contributed by atoms with Gasteiger partial charge in [-0.3, -0.25) is 19.7 Å². The van der Waals surface area contributed by atoms with E-state index in [-0.39, 0.29) is 35.0 Å². The van der Waals surface area contributed by atoms with Crippen molar-refractivity contribution in [2.45, 2.75) is 41.8 Å². The number of nitrogens with zero attached hydrogens (tertiary/aromatic N) is 5. The van der Waals surface area contributed by atoms with Crippen LogP contribution in [0.25, 0.3) is 0 Å². The molecule has 1 aromatic carbocycles. The molecule has 11 heteroatoms. The van der Waals surface area contributed by atoms with Crippen molar-refractivity contribution < 1.29 is 14.5 Å². The van der Waals surface area contributed by atoms with E-state index in [9.17, 15) is 19.7 Å². The number of likely N-dealkylation sites (tertiary alicyclic amines) is 1. The Bertz CT molecular complexity index is 981. The summed E-state index contributed by atoms with van der Waals surface area (Å²) in [4.78, 5) is 38.1. The van der Waals surface area contributed by atoms with Crippen molar-refractivity contribution in [3.05, 3.63) is 40.2 Å². The molecule has 2 aliphatic rings. The maximum Gasteiger partial charge on any atom is 0.284 e. The fraction of sp³-hybridized carbons (Fsp3) is 0.474. The SMILES string of the molecule is Cn1cnnc1Sc1ccc(C(=O)NC2CCN(C(=O)C3CC3)CC2)cc1[N+](=O)[O-]. The highest BCUT2D eigenvalue weighted by Gasteiger charge is 2.35. The van der Waals surface area contributed by atoms with Gasteiger partial charge < -0.3 is 14.8 Å². The van der Waals surface area contributed by atoms with Crippen LogP contribution in [-0.2, 0) is 11.8 Å². The molecule has 0 radical (unpaired) electrons. The summed E-state index contributed by atoms with van der Waals surface area (Å²) in [5.74, 6) is 0.0845. The maximum absolute atomic E-state index is 12.7. The monoisotopic (exact) mass is 430 g/mol. The number of amides is 2. The van der Waals surface area contributed by atoms with Gasteiger partial charge in [0.25, 0.3) is 11.6 Å². The van der Waals surface area contributed by atoms with Crippen LogP contribution in [0.15, 0.2) is 34.6 Å². The highest BCUT2D eigenvalue weighted by molar-refractivity contribution is 7.99. The van der Waals surface area contributed by atoms with E-state index >= 15 is 0 Å². The molecule has 4 rings (SSSR count). The van der Waals surface area contributed by atoms with Crippen molar-refractivity contribution in [2.24, 2.45) is 13.0 Å². The lowest BCUT2D eigenvalue weighted by Gasteiger charge is -2.32. The third kappa shape index (κ3) is 4.45.